The van der Waals surface area contributed by atoms with Crippen LogP contribution in [-0.4, -0.2) is 11.9 Å². The average Bonchev–Trinajstić information content (AvgIpc) is 1.72. The second-order valence-corrected chi connectivity index (χ2v) is 0.575. The van der Waals surface area contributed by atoms with E-state index in [1.807, 2.05) is 0 Å². The van der Waals surface area contributed by atoms with Crippen LogP contribution in [0.2, 0.25) is 0 Å². The Kier molecular flexibility index (Phi) is 8.56. The fourth-order valence-electron chi connectivity index (χ4n) is 0. The third-order valence-electron chi connectivity index (χ3n) is 0.167. The van der Waals surface area contributed by atoms with E-state index >= 15 is 0 Å². The van der Waals surface area contributed by atoms with E-state index < -0.39 is 11.9 Å². The summed E-state index contributed by atoms with van der Waals surface area (Å²) in [6, 6.07) is 0. The molecule has 0 bridgehead atoms. The van der Waals surface area contributed by atoms with E-state index in [2.05, 4.69) is 4.48 Å². The molecule has 0 radical (unpaired) electrons. The molecule has 0 saturated heterocycles. The van der Waals surface area contributed by atoms with Gasteiger partial charge >= 0.3 is 23.0 Å². The molecule has 0 aliphatic carbocycles. The minimum atomic E-state index is -2.19. The van der Waals surface area contributed by atoms with Crippen LogP contribution in [0.3, 0.4) is 0 Å². The summed E-state index contributed by atoms with van der Waals surface area (Å²) in [6.07, 6.45) is 0. The monoisotopic (exact) mass is 168 g/mol. The summed E-state index contributed by atoms with van der Waals surface area (Å²) < 4.78 is 4.62. The van der Waals surface area contributed by atoms with Gasteiger partial charge in [-0.05, 0) is 0 Å². The average molecular weight is 169 g/mol. The van der Waals surface area contributed by atoms with E-state index in [9.17, 15) is 0 Å². The first-order chi connectivity index (χ1) is 3.64. The molecule has 41 valence electrons. The molecule has 0 atom stereocenters. The molecule has 0 aromatic carbocycles. The summed E-state index contributed by atoms with van der Waals surface area (Å²) in [5.74, 6) is -4.37. The van der Waals surface area contributed by atoms with Gasteiger partial charge in [-0.2, -0.15) is 0 Å². The maximum atomic E-state index is 8.93. The zero-order chi connectivity index (χ0) is 7.15. The molecule has 0 aliphatic heterocycles. The fourth-order valence-corrected chi connectivity index (χ4v) is 0. The molecule has 0 unspecified atom stereocenters. The number of hydrogen-bond donors (Lipinski definition) is 1. The first kappa shape index (κ1) is 10.5. The molecule has 0 amide bonds. The predicted molar refractivity (Wildman–Crippen MR) is 14.2 cm³/mol. The summed E-state index contributed by atoms with van der Waals surface area (Å²) in [7, 11) is 0. The minimum absolute atomic E-state index is 0.875. The van der Waals surface area contributed by atoms with Crippen LogP contribution in [0.25, 0.3) is 0 Å². The molecule has 5 nitrogen and oxygen atoms in total. The summed E-state index contributed by atoms with van der Waals surface area (Å²) in [4.78, 5) is 17.9. The Morgan fingerprint density at radius 2 is 1.25 bits per heavy atom. The normalized spacial score (nSPS) is 6.38. The molecular formula is C2H2NO4Zn. The van der Waals surface area contributed by atoms with Crippen molar-refractivity contribution in [3.05, 3.63) is 0 Å². The van der Waals surface area contributed by atoms with Crippen LogP contribution in [-0.2, 0) is 28.1 Å². The van der Waals surface area contributed by atoms with Gasteiger partial charge in [0.1, 0.15) is 0 Å². The Labute approximate surface area is 55.4 Å². The van der Waals surface area contributed by atoms with Gasteiger partial charge in [0.2, 0.25) is 0 Å². The van der Waals surface area contributed by atoms with Crippen LogP contribution < -0.4 is 14.7 Å². The van der Waals surface area contributed by atoms with E-state index in [0.717, 1.165) is 18.5 Å². The second-order valence-electron chi connectivity index (χ2n) is 0.575. The van der Waals surface area contributed by atoms with Crippen LogP contribution in [0.15, 0.2) is 0 Å². The Hall–Kier alpha value is -0.477. The Morgan fingerprint density at radius 1 is 1.12 bits per heavy atom. The van der Waals surface area contributed by atoms with Crippen molar-refractivity contribution in [3.63, 3.8) is 0 Å². The first-order valence-corrected chi connectivity index (χ1v) is 3.19. The van der Waals surface area contributed by atoms with Gasteiger partial charge in [-0.1, -0.05) is 0 Å². The molecular weight excluding hydrogens is 167 g/mol. The number of rotatable bonds is 0. The zero-order valence-electron chi connectivity index (χ0n) is 3.92. The van der Waals surface area contributed by atoms with Crippen LogP contribution in [0.4, 0.5) is 0 Å². The molecule has 0 aromatic rings. The summed E-state index contributed by atoms with van der Waals surface area (Å²) in [5, 5.41) is 17.9. The number of aliphatic carboxylic acids is 2. The molecule has 0 saturated carbocycles. The number of carbonyl (C=O) groups excluding carboxylic acids is 2. The van der Waals surface area contributed by atoms with Crippen molar-refractivity contribution in [1.82, 2.24) is 0 Å². The quantitative estimate of drug-likeness (QED) is 0.293. The van der Waals surface area contributed by atoms with Crippen LogP contribution in [0.5, 0.6) is 0 Å². The predicted octanol–water partition coefficient (Wildman–Crippen LogP) is -4.11. The van der Waals surface area contributed by atoms with Gasteiger partial charge in [0.15, 0.2) is 0 Å². The third-order valence-corrected chi connectivity index (χ3v) is 0.167. The Bertz CT molecular complexity index is 80.0. The maximum absolute atomic E-state index is 8.93. The molecule has 0 rings (SSSR count). The summed E-state index contributed by atoms with van der Waals surface area (Å²) in [5.41, 5.74) is 0. The van der Waals surface area contributed by atoms with Crippen LogP contribution >= 0.6 is 0 Å². The number of hydrogen-bond acceptors (Lipinski definition) is 5. The van der Waals surface area contributed by atoms with Gasteiger partial charge in [-0.25, -0.2) is 0 Å². The first-order valence-electron chi connectivity index (χ1n) is 1.47. The number of carboxylic acid groups (broad SMARTS) is 2. The van der Waals surface area contributed by atoms with Crippen molar-refractivity contribution in [1.29, 1.82) is 0 Å². The van der Waals surface area contributed by atoms with E-state index in [0.29, 0.717) is 0 Å². The van der Waals surface area contributed by atoms with E-state index in [-0.39, 0.29) is 0 Å². The molecule has 0 spiro atoms. The number of nitrogens with two attached hydrogens (primary N) is 1. The molecule has 0 aromatic heterocycles. The van der Waals surface area contributed by atoms with Crippen molar-refractivity contribution in [3.8, 4) is 0 Å². The van der Waals surface area contributed by atoms with Crippen LogP contribution in [0.1, 0.15) is 0 Å². The van der Waals surface area contributed by atoms with Gasteiger partial charge in [0.25, 0.3) is 0 Å². The summed E-state index contributed by atoms with van der Waals surface area (Å²) in [6.45, 7) is 0. The third kappa shape index (κ3) is 9.10. The van der Waals surface area contributed by atoms with Crippen molar-refractivity contribution in [2.24, 2.45) is 4.48 Å². The van der Waals surface area contributed by atoms with Crippen molar-refractivity contribution in [2.75, 3.05) is 0 Å². The number of carboxylic acids is 2. The number of carbonyl (C=O) groups is 2. The molecule has 0 aliphatic rings. The molecule has 8 heavy (non-hydrogen) atoms. The molecule has 6 heteroatoms. The SMILES string of the molecule is O=C([O-])C(=O)[O-].[NH2][Zn+2]. The fraction of sp³-hybridized carbons (Fsp3) is 0. The van der Waals surface area contributed by atoms with Crippen LogP contribution in [0, 0.1) is 0 Å². The summed E-state index contributed by atoms with van der Waals surface area (Å²) >= 11 is 0.875. The Morgan fingerprint density at radius 3 is 1.25 bits per heavy atom. The second kappa shape index (κ2) is 6.52. The van der Waals surface area contributed by atoms with Crippen molar-refractivity contribution in [2.45, 2.75) is 0 Å². The van der Waals surface area contributed by atoms with Crippen molar-refractivity contribution < 1.29 is 38.3 Å². The van der Waals surface area contributed by atoms with E-state index in [1.165, 1.54) is 0 Å². The topological polar surface area (TPSA) is 106 Å². The van der Waals surface area contributed by atoms with E-state index in [4.69, 9.17) is 19.8 Å². The van der Waals surface area contributed by atoms with Crippen molar-refractivity contribution >= 4 is 11.9 Å². The van der Waals surface area contributed by atoms with Gasteiger partial charge in [0.05, 0.1) is 11.9 Å². The van der Waals surface area contributed by atoms with E-state index in [1.54, 1.807) is 0 Å². The standard InChI is InChI=1S/C2H2O4.H2N.Zn/c3-1(4)2(5)6;;/h(H,3,4)(H,5,6);1H2;/q;-1;+3/p-2. The molecule has 0 fully saturated rings. The van der Waals surface area contributed by atoms with Gasteiger partial charge in [-0.15, -0.1) is 0 Å². The van der Waals surface area contributed by atoms with Gasteiger partial charge in [0, 0.05) is 0 Å². The zero-order valence-corrected chi connectivity index (χ0v) is 6.88. The van der Waals surface area contributed by atoms with Gasteiger partial charge in [-0.3, -0.25) is 0 Å². The molecule has 0 heterocycles. The Balaban J connectivity index is 0. The van der Waals surface area contributed by atoms with Gasteiger partial charge < -0.3 is 19.8 Å². The molecule has 2 N–H and O–H groups in total.